The summed E-state index contributed by atoms with van der Waals surface area (Å²) in [5.74, 6) is 3.12. The van der Waals surface area contributed by atoms with E-state index in [0.717, 1.165) is 49.0 Å². The number of carbonyl (C=O) groups is 2. The van der Waals surface area contributed by atoms with E-state index in [9.17, 15) is 9.59 Å². The van der Waals surface area contributed by atoms with Crippen LogP contribution in [0.25, 0.3) is 11.0 Å². The van der Waals surface area contributed by atoms with Crippen LogP contribution in [0.4, 0.5) is 10.5 Å². The van der Waals surface area contributed by atoms with E-state index in [1.807, 2.05) is 35.2 Å². The highest BCUT2D eigenvalue weighted by molar-refractivity contribution is 5.95. The van der Waals surface area contributed by atoms with Crippen LogP contribution in [-0.4, -0.2) is 41.5 Å². The van der Waals surface area contributed by atoms with Gasteiger partial charge in [0.25, 0.3) is 5.91 Å². The number of urea groups is 1. The molecule has 3 heterocycles. The number of hydrogen-bond donors (Lipinski definition) is 2. The van der Waals surface area contributed by atoms with E-state index in [2.05, 4.69) is 21.5 Å². The fourth-order valence-electron chi connectivity index (χ4n) is 4.64. The second-order valence-corrected chi connectivity index (χ2v) is 8.64. The normalized spacial score (nSPS) is 18.8. The van der Waals surface area contributed by atoms with Crippen molar-refractivity contribution < 1.29 is 14.0 Å². The highest BCUT2D eigenvalue weighted by Gasteiger charge is 2.54. The van der Waals surface area contributed by atoms with Crippen molar-refractivity contribution in [1.82, 2.24) is 15.2 Å². The zero-order chi connectivity index (χ0) is 22.1. The Morgan fingerprint density at radius 3 is 2.72 bits per heavy atom. The Morgan fingerprint density at radius 1 is 1.22 bits per heavy atom. The van der Waals surface area contributed by atoms with E-state index in [1.165, 1.54) is 0 Å². The summed E-state index contributed by atoms with van der Waals surface area (Å²) in [6.45, 7) is 2.06. The van der Waals surface area contributed by atoms with Crippen LogP contribution in [0.15, 0.2) is 53.2 Å². The van der Waals surface area contributed by atoms with Gasteiger partial charge in [0.05, 0.1) is 6.20 Å². The number of piperidine rings is 1. The third-order valence-electron chi connectivity index (χ3n) is 6.76. The Morgan fingerprint density at radius 2 is 2.00 bits per heavy atom. The molecule has 1 unspecified atom stereocenters. The Balaban J connectivity index is 1.09. The number of fused-ring (bicyclic) bond motifs is 1. The van der Waals surface area contributed by atoms with Crippen molar-refractivity contribution in [2.45, 2.75) is 19.3 Å². The standard InChI is InChI=1S/C25H24N4O3/c1-2-17-3-5-20(6-4-17)28-24(31)29-11-8-25(9-12-29)14-19(25)15-27-23(30)21-13-18-7-10-26-16-22(18)32-21/h1,3-7,10,13,16,19H,8-9,11-12,14-15H2,(H,27,30)(H,28,31). The third kappa shape index (κ3) is 3.92. The van der Waals surface area contributed by atoms with Crippen LogP contribution in [0.2, 0.25) is 0 Å². The van der Waals surface area contributed by atoms with Crippen LogP contribution < -0.4 is 10.6 Å². The molecule has 1 aliphatic carbocycles. The summed E-state index contributed by atoms with van der Waals surface area (Å²) in [5.41, 5.74) is 2.36. The number of pyridine rings is 1. The number of carbonyl (C=O) groups excluding carboxylic acids is 2. The summed E-state index contributed by atoms with van der Waals surface area (Å²) in [5, 5.41) is 6.81. The first-order valence-electron chi connectivity index (χ1n) is 10.8. The first kappa shape index (κ1) is 20.1. The number of amides is 3. The second-order valence-electron chi connectivity index (χ2n) is 8.64. The van der Waals surface area contributed by atoms with Gasteiger partial charge < -0.3 is 20.0 Å². The van der Waals surface area contributed by atoms with Gasteiger partial charge in [0, 0.05) is 42.5 Å². The minimum Gasteiger partial charge on any atom is -0.449 e. The summed E-state index contributed by atoms with van der Waals surface area (Å²) in [6, 6.07) is 10.7. The lowest BCUT2D eigenvalue weighted by Gasteiger charge is -2.33. The van der Waals surface area contributed by atoms with E-state index in [-0.39, 0.29) is 17.4 Å². The first-order valence-corrected chi connectivity index (χ1v) is 10.8. The number of nitrogens with zero attached hydrogens (tertiary/aromatic N) is 2. The number of hydrogen-bond acceptors (Lipinski definition) is 4. The SMILES string of the molecule is C#Cc1ccc(NC(=O)N2CCC3(CC2)CC3CNC(=O)c2cc3ccncc3o2)cc1. The molecule has 7 nitrogen and oxygen atoms in total. The van der Waals surface area contributed by atoms with Gasteiger partial charge in [0.2, 0.25) is 0 Å². The van der Waals surface area contributed by atoms with Gasteiger partial charge in [-0.1, -0.05) is 5.92 Å². The zero-order valence-electron chi connectivity index (χ0n) is 17.6. The van der Waals surface area contributed by atoms with E-state index >= 15 is 0 Å². The fourth-order valence-corrected chi connectivity index (χ4v) is 4.64. The number of rotatable bonds is 4. The second kappa shape index (κ2) is 8.04. The van der Waals surface area contributed by atoms with Gasteiger partial charge in [-0.25, -0.2) is 4.79 Å². The highest BCUT2D eigenvalue weighted by Crippen LogP contribution is 2.59. The maximum absolute atomic E-state index is 12.6. The van der Waals surface area contributed by atoms with Crippen molar-refractivity contribution in [3.63, 3.8) is 0 Å². The predicted octanol–water partition coefficient (Wildman–Crippen LogP) is 3.87. The maximum atomic E-state index is 12.6. The molecule has 1 saturated heterocycles. The van der Waals surface area contributed by atoms with Crippen LogP contribution in [0.3, 0.4) is 0 Å². The number of terminal acetylenes is 1. The van der Waals surface area contributed by atoms with Crippen molar-refractivity contribution in [2.24, 2.45) is 11.3 Å². The van der Waals surface area contributed by atoms with Gasteiger partial charge in [0.1, 0.15) is 0 Å². The molecule has 1 spiro atoms. The Kier molecular flexibility index (Phi) is 5.06. The molecule has 0 radical (unpaired) electrons. The molecule has 2 fully saturated rings. The molecule has 7 heteroatoms. The Labute approximate surface area is 186 Å². The summed E-state index contributed by atoms with van der Waals surface area (Å²) < 4.78 is 5.59. The summed E-state index contributed by atoms with van der Waals surface area (Å²) in [4.78, 5) is 30.9. The third-order valence-corrected chi connectivity index (χ3v) is 6.76. The molecule has 0 bridgehead atoms. The zero-order valence-corrected chi connectivity index (χ0v) is 17.6. The molecule has 1 atom stereocenters. The molecule has 1 aliphatic heterocycles. The lowest BCUT2D eigenvalue weighted by molar-refractivity contribution is 0.0923. The van der Waals surface area contributed by atoms with Crippen LogP contribution in [0.1, 0.15) is 35.4 Å². The highest BCUT2D eigenvalue weighted by atomic mass is 16.3. The van der Waals surface area contributed by atoms with Gasteiger partial charge in [0.15, 0.2) is 11.3 Å². The minimum atomic E-state index is -0.198. The molecule has 162 valence electrons. The molecule has 2 aromatic heterocycles. The topological polar surface area (TPSA) is 87.5 Å². The molecule has 32 heavy (non-hydrogen) atoms. The van der Waals surface area contributed by atoms with Gasteiger partial charge in [-0.05, 0) is 67.0 Å². The first-order chi connectivity index (χ1) is 15.6. The molecule has 1 aromatic carbocycles. The quantitative estimate of drug-likeness (QED) is 0.618. The van der Waals surface area contributed by atoms with E-state index in [4.69, 9.17) is 10.8 Å². The van der Waals surface area contributed by atoms with Crippen LogP contribution in [0, 0.1) is 23.7 Å². The Hall–Kier alpha value is -3.79. The molecule has 3 aromatic rings. The van der Waals surface area contributed by atoms with Gasteiger partial charge in [-0.15, -0.1) is 6.42 Å². The smallest absolute Gasteiger partial charge is 0.321 e. The number of likely N-dealkylation sites (tertiary alicyclic amines) is 1. The minimum absolute atomic E-state index is 0.0850. The predicted molar refractivity (Wildman–Crippen MR) is 121 cm³/mol. The van der Waals surface area contributed by atoms with Gasteiger partial charge >= 0.3 is 6.03 Å². The number of anilines is 1. The molecule has 2 aliphatic rings. The fraction of sp³-hybridized carbons (Fsp3) is 0.320. The summed E-state index contributed by atoms with van der Waals surface area (Å²) in [6.07, 6.45) is 11.6. The van der Waals surface area contributed by atoms with Crippen molar-refractivity contribution in [3.05, 3.63) is 60.1 Å². The molecule has 5 rings (SSSR count). The molecule has 1 saturated carbocycles. The number of aromatic nitrogens is 1. The Bertz CT molecular complexity index is 1170. The van der Waals surface area contributed by atoms with Crippen molar-refractivity contribution in [1.29, 1.82) is 0 Å². The number of nitrogens with one attached hydrogen (secondary N) is 2. The van der Waals surface area contributed by atoms with Crippen molar-refractivity contribution >= 4 is 28.6 Å². The van der Waals surface area contributed by atoms with E-state index in [1.54, 1.807) is 18.5 Å². The van der Waals surface area contributed by atoms with Gasteiger partial charge in [-0.2, -0.15) is 0 Å². The van der Waals surface area contributed by atoms with Crippen LogP contribution >= 0.6 is 0 Å². The average molecular weight is 428 g/mol. The van der Waals surface area contributed by atoms with Gasteiger partial charge in [-0.3, -0.25) is 9.78 Å². The van der Waals surface area contributed by atoms with Crippen LogP contribution in [-0.2, 0) is 0 Å². The summed E-state index contributed by atoms with van der Waals surface area (Å²) >= 11 is 0. The van der Waals surface area contributed by atoms with E-state index < -0.39 is 0 Å². The average Bonchev–Trinajstić information content (AvgIpc) is 3.29. The number of furan rings is 1. The lowest BCUT2D eigenvalue weighted by atomic mass is 9.91. The molecular weight excluding hydrogens is 404 g/mol. The monoisotopic (exact) mass is 428 g/mol. The molecule has 3 amide bonds. The number of benzene rings is 1. The summed E-state index contributed by atoms with van der Waals surface area (Å²) in [7, 11) is 0. The largest absolute Gasteiger partial charge is 0.449 e. The maximum Gasteiger partial charge on any atom is 0.321 e. The lowest BCUT2D eigenvalue weighted by Crippen LogP contribution is -2.42. The van der Waals surface area contributed by atoms with Crippen LogP contribution in [0.5, 0.6) is 0 Å². The van der Waals surface area contributed by atoms with E-state index in [0.29, 0.717) is 23.8 Å². The molecule has 2 N–H and O–H groups in total. The molecular formula is C25H24N4O3. The van der Waals surface area contributed by atoms with Crippen molar-refractivity contribution in [3.8, 4) is 12.3 Å². The van der Waals surface area contributed by atoms with Crippen molar-refractivity contribution in [2.75, 3.05) is 25.0 Å².